The maximum absolute atomic E-state index is 12.9. The molecule has 0 aliphatic rings. The van der Waals surface area contributed by atoms with E-state index in [2.05, 4.69) is 14.3 Å². The molecule has 0 unspecified atom stereocenters. The summed E-state index contributed by atoms with van der Waals surface area (Å²) in [5.41, 5.74) is 3.69. The molecule has 8 nitrogen and oxygen atoms in total. The topological polar surface area (TPSA) is 125 Å². The van der Waals surface area contributed by atoms with Crippen LogP contribution in [0.25, 0.3) is 11.4 Å². The van der Waals surface area contributed by atoms with Crippen LogP contribution in [0.15, 0.2) is 45.9 Å². The first-order valence-corrected chi connectivity index (χ1v) is 12.4. The molecule has 2 aromatic rings. The third kappa shape index (κ3) is 7.33. The van der Waals surface area contributed by atoms with Crippen LogP contribution in [0, 0.1) is 0 Å². The number of aliphatic imine (C=N–C) groups is 1. The van der Waals surface area contributed by atoms with Crippen molar-refractivity contribution in [3.63, 3.8) is 0 Å². The Labute approximate surface area is 184 Å². The van der Waals surface area contributed by atoms with Crippen molar-refractivity contribution in [1.82, 2.24) is 9.36 Å². The second-order valence-corrected chi connectivity index (χ2v) is 9.53. The van der Waals surface area contributed by atoms with Crippen molar-refractivity contribution in [1.29, 1.82) is 0 Å². The van der Waals surface area contributed by atoms with Crippen LogP contribution in [0.1, 0.15) is 5.01 Å². The lowest BCUT2D eigenvalue weighted by molar-refractivity contribution is -0.139. The second-order valence-electron chi connectivity index (χ2n) is 5.94. The van der Waals surface area contributed by atoms with Gasteiger partial charge in [0.15, 0.2) is 20.7 Å². The highest BCUT2D eigenvalue weighted by molar-refractivity contribution is 7.98. The summed E-state index contributed by atoms with van der Waals surface area (Å²) in [7, 11) is -3.48. The minimum absolute atomic E-state index is 0.0352. The monoisotopic (exact) mass is 494 g/mol. The van der Waals surface area contributed by atoms with Crippen LogP contribution in [-0.2, 0) is 19.4 Å². The maximum atomic E-state index is 12.9. The SMILES string of the molecule is CSCOC(=O)CN=C(C=C(N)C(F)(F)F)c1nc(-c2cccc(S(C)(=O)=O)c2)ns1. The molecule has 0 saturated heterocycles. The standard InChI is InChI=1S/C17H17F3N4O4S3/c1-29-9-28-14(25)8-22-12(7-13(21)17(18,19)20)16-23-15(24-30-16)10-4-3-5-11(6-10)31(2,26)27/h3-7H,8-9,21H2,1-2H3. The lowest BCUT2D eigenvalue weighted by Gasteiger charge is -2.06. The molecule has 14 heteroatoms. The van der Waals surface area contributed by atoms with Gasteiger partial charge in [0.25, 0.3) is 0 Å². The van der Waals surface area contributed by atoms with Crippen molar-refractivity contribution < 1.29 is 31.1 Å². The number of nitrogens with two attached hydrogens (primary N) is 1. The molecule has 0 amide bonds. The van der Waals surface area contributed by atoms with Crippen molar-refractivity contribution in [3.05, 3.63) is 41.0 Å². The molecule has 0 radical (unpaired) electrons. The number of nitrogens with zero attached hydrogens (tertiary/aromatic N) is 3. The zero-order chi connectivity index (χ0) is 23.2. The number of sulfone groups is 1. The molecule has 0 saturated carbocycles. The molecular formula is C17H17F3N4O4S3. The Hall–Kier alpha value is -2.45. The Balaban J connectivity index is 2.42. The van der Waals surface area contributed by atoms with E-state index in [-0.39, 0.29) is 27.4 Å². The molecule has 0 aliphatic carbocycles. The smallest absolute Gasteiger partial charge is 0.430 e. The quantitative estimate of drug-likeness (QED) is 0.337. The largest absolute Gasteiger partial charge is 0.453 e. The summed E-state index contributed by atoms with van der Waals surface area (Å²) < 4.78 is 71.0. The van der Waals surface area contributed by atoms with E-state index in [1.165, 1.54) is 30.0 Å². The van der Waals surface area contributed by atoms with Gasteiger partial charge in [0.2, 0.25) is 0 Å². The predicted molar refractivity (Wildman–Crippen MR) is 113 cm³/mol. The van der Waals surface area contributed by atoms with Crippen molar-refractivity contribution >= 4 is 44.8 Å². The van der Waals surface area contributed by atoms with Crippen LogP contribution >= 0.6 is 23.3 Å². The van der Waals surface area contributed by atoms with Crippen LogP contribution < -0.4 is 5.73 Å². The normalized spacial score (nSPS) is 13.3. The number of carbonyl (C=O) groups is 1. The summed E-state index contributed by atoms with van der Waals surface area (Å²) in [5, 5.41) is -0.0374. The van der Waals surface area contributed by atoms with Crippen molar-refractivity contribution in [2.45, 2.75) is 11.1 Å². The minimum Gasteiger partial charge on any atom is -0.453 e. The molecule has 0 spiro atoms. The highest BCUT2D eigenvalue weighted by Gasteiger charge is 2.32. The Kier molecular flexibility index (Phi) is 8.20. The third-order valence-electron chi connectivity index (χ3n) is 3.50. The number of allylic oxidation sites excluding steroid dienone is 2. The number of hydrogen-bond acceptors (Lipinski definition) is 10. The minimum atomic E-state index is -4.81. The number of carbonyl (C=O) groups excluding carboxylic acids is 1. The Bertz CT molecular complexity index is 1110. The van der Waals surface area contributed by atoms with Crippen LogP contribution in [0.4, 0.5) is 13.2 Å². The van der Waals surface area contributed by atoms with Crippen molar-refractivity contribution in [2.24, 2.45) is 10.7 Å². The number of benzene rings is 1. The fourth-order valence-corrected chi connectivity index (χ4v) is 3.61. The molecule has 1 heterocycles. The van der Waals surface area contributed by atoms with Gasteiger partial charge in [0, 0.05) is 11.8 Å². The first-order valence-electron chi connectivity index (χ1n) is 8.29. The maximum Gasteiger partial charge on any atom is 0.430 e. The van der Waals surface area contributed by atoms with Gasteiger partial charge < -0.3 is 10.5 Å². The molecule has 1 aromatic heterocycles. The van der Waals surface area contributed by atoms with E-state index in [4.69, 9.17) is 10.5 Å². The molecular weight excluding hydrogens is 477 g/mol. The number of esters is 1. The van der Waals surface area contributed by atoms with Crippen molar-refractivity contribution in [2.75, 3.05) is 25.0 Å². The summed E-state index contributed by atoms with van der Waals surface area (Å²) in [6.07, 6.45) is -1.51. The molecule has 0 atom stereocenters. The van der Waals surface area contributed by atoms with Gasteiger partial charge in [-0.2, -0.15) is 17.5 Å². The summed E-state index contributed by atoms with van der Waals surface area (Å²) in [6.45, 7) is -0.546. The van der Waals surface area contributed by atoms with Gasteiger partial charge in [0.05, 0.1) is 10.6 Å². The zero-order valence-electron chi connectivity index (χ0n) is 16.2. The van der Waals surface area contributed by atoms with Gasteiger partial charge in [0.1, 0.15) is 18.2 Å². The van der Waals surface area contributed by atoms with E-state index in [0.29, 0.717) is 11.6 Å². The summed E-state index contributed by atoms with van der Waals surface area (Å²) in [6, 6.07) is 5.78. The van der Waals surface area contributed by atoms with Crippen LogP contribution in [0.5, 0.6) is 0 Å². The highest BCUT2D eigenvalue weighted by Crippen LogP contribution is 2.24. The number of alkyl halides is 3. The van der Waals surface area contributed by atoms with Gasteiger partial charge in [-0.15, -0.1) is 11.8 Å². The second kappa shape index (κ2) is 10.2. The van der Waals surface area contributed by atoms with Gasteiger partial charge >= 0.3 is 12.1 Å². The number of ether oxygens (including phenoxy) is 1. The summed E-state index contributed by atoms with van der Waals surface area (Å²) in [4.78, 5) is 19.7. The summed E-state index contributed by atoms with van der Waals surface area (Å²) in [5.74, 6) is -0.581. The summed E-state index contributed by atoms with van der Waals surface area (Å²) >= 11 is 1.97. The average Bonchev–Trinajstić information content (AvgIpc) is 3.18. The molecule has 2 rings (SSSR count). The molecule has 1 aromatic carbocycles. The molecule has 0 fully saturated rings. The predicted octanol–water partition coefficient (Wildman–Crippen LogP) is 2.67. The van der Waals surface area contributed by atoms with E-state index in [0.717, 1.165) is 17.8 Å². The van der Waals surface area contributed by atoms with Gasteiger partial charge in [-0.3, -0.25) is 9.79 Å². The zero-order valence-corrected chi connectivity index (χ0v) is 18.7. The van der Waals surface area contributed by atoms with Crippen LogP contribution in [0.2, 0.25) is 0 Å². The van der Waals surface area contributed by atoms with E-state index in [9.17, 15) is 26.4 Å². The molecule has 0 aliphatic heterocycles. The van der Waals surface area contributed by atoms with Gasteiger partial charge in [-0.05, 0) is 36.0 Å². The number of halogens is 3. The van der Waals surface area contributed by atoms with E-state index in [1.807, 2.05) is 0 Å². The number of aromatic nitrogens is 2. The average molecular weight is 495 g/mol. The van der Waals surface area contributed by atoms with E-state index < -0.39 is 34.2 Å². The third-order valence-corrected chi connectivity index (χ3v) is 5.70. The fourth-order valence-electron chi connectivity index (χ4n) is 2.03. The lowest BCUT2D eigenvalue weighted by atomic mass is 10.2. The Morgan fingerprint density at radius 3 is 2.71 bits per heavy atom. The molecule has 168 valence electrons. The first kappa shape index (κ1) is 24.8. The van der Waals surface area contributed by atoms with Crippen LogP contribution in [0.3, 0.4) is 0 Å². The van der Waals surface area contributed by atoms with Gasteiger partial charge in [-0.1, -0.05) is 12.1 Å². The fraction of sp³-hybridized carbons (Fsp3) is 0.294. The van der Waals surface area contributed by atoms with Crippen molar-refractivity contribution in [3.8, 4) is 11.4 Å². The molecule has 0 bridgehead atoms. The Morgan fingerprint density at radius 2 is 2.10 bits per heavy atom. The van der Waals surface area contributed by atoms with Crippen LogP contribution in [-0.4, -0.2) is 60.6 Å². The van der Waals surface area contributed by atoms with Gasteiger partial charge in [-0.25, -0.2) is 13.4 Å². The van der Waals surface area contributed by atoms with E-state index >= 15 is 0 Å². The number of rotatable bonds is 8. The number of thioether (sulfide) groups is 1. The Morgan fingerprint density at radius 1 is 1.39 bits per heavy atom. The number of hydrogen-bond donors (Lipinski definition) is 1. The lowest BCUT2D eigenvalue weighted by Crippen LogP contribution is -2.21. The molecule has 31 heavy (non-hydrogen) atoms. The first-order chi connectivity index (χ1) is 14.4. The highest BCUT2D eigenvalue weighted by atomic mass is 32.2. The van der Waals surface area contributed by atoms with E-state index in [1.54, 1.807) is 12.3 Å². The molecule has 2 N–H and O–H groups in total.